The van der Waals surface area contributed by atoms with Crippen LogP contribution < -0.4 is 14.8 Å². The van der Waals surface area contributed by atoms with Gasteiger partial charge in [-0.25, -0.2) is 18.2 Å². The van der Waals surface area contributed by atoms with E-state index in [1.807, 2.05) is 31.2 Å². The van der Waals surface area contributed by atoms with E-state index in [9.17, 15) is 31.2 Å². The quantitative estimate of drug-likeness (QED) is 0.292. The summed E-state index contributed by atoms with van der Waals surface area (Å²) in [7, 11) is -4.27. The van der Waals surface area contributed by atoms with Crippen molar-refractivity contribution >= 4 is 61.9 Å². The lowest BCUT2D eigenvalue weighted by molar-refractivity contribution is -0.192. The number of carboxylic acids is 1. The van der Waals surface area contributed by atoms with Crippen LogP contribution in [0.3, 0.4) is 0 Å². The highest BCUT2D eigenvalue weighted by atomic mass is 35.5. The van der Waals surface area contributed by atoms with Crippen molar-refractivity contribution < 1.29 is 45.8 Å². The molecular formula is C33H39Cl2F3N6O7S. The highest BCUT2D eigenvalue weighted by Gasteiger charge is 2.39. The highest BCUT2D eigenvalue weighted by Crippen LogP contribution is 2.34. The van der Waals surface area contributed by atoms with Crippen LogP contribution in [0.5, 0.6) is 5.75 Å². The molecule has 2 saturated heterocycles. The number of fused-ring (bicyclic) bond motifs is 1. The van der Waals surface area contributed by atoms with Crippen LogP contribution in [0.25, 0.3) is 10.9 Å². The van der Waals surface area contributed by atoms with Gasteiger partial charge in [-0.15, -0.1) is 0 Å². The number of aryl methyl sites for hydroxylation is 1. The highest BCUT2D eigenvalue weighted by molar-refractivity contribution is 7.89. The van der Waals surface area contributed by atoms with E-state index in [0.29, 0.717) is 44.0 Å². The van der Waals surface area contributed by atoms with Gasteiger partial charge >= 0.3 is 12.1 Å². The fourth-order valence-corrected chi connectivity index (χ4v) is 7.81. The standard InChI is InChI=1S/C31H38Cl2N6O5S.C2HF3O2/c1-21-7-8-22-5-4-6-25(29(22)35-21)44-20-23-24(32)9-10-26(28(23)33)45(42,43)36-31(2,3)30(41)39-17-15-38(16-18-39)27(40)19-37-13-11-34-12-14-37;3-2(4,5)1(6)7/h4-10,34,36H,11-20H2,1-3H3;(H,6,7). The second-order valence-electron chi connectivity index (χ2n) is 12.6. The van der Waals surface area contributed by atoms with Gasteiger partial charge in [0.25, 0.3) is 0 Å². The molecule has 5 rings (SSSR count). The lowest BCUT2D eigenvalue weighted by Gasteiger charge is -2.39. The third kappa shape index (κ3) is 10.4. The molecule has 2 fully saturated rings. The molecule has 2 amide bonds. The zero-order valence-corrected chi connectivity index (χ0v) is 30.9. The van der Waals surface area contributed by atoms with E-state index in [-0.39, 0.29) is 33.0 Å². The topological polar surface area (TPSA) is 161 Å². The van der Waals surface area contributed by atoms with Gasteiger partial charge in [-0.1, -0.05) is 41.4 Å². The van der Waals surface area contributed by atoms with Gasteiger partial charge in [-0.3, -0.25) is 14.5 Å². The number of nitrogens with zero attached hydrogens (tertiary/aromatic N) is 4. The smallest absolute Gasteiger partial charge is 0.487 e. The first-order valence-electron chi connectivity index (χ1n) is 16.1. The summed E-state index contributed by atoms with van der Waals surface area (Å²) in [6.07, 6.45) is -5.08. The predicted molar refractivity (Wildman–Crippen MR) is 188 cm³/mol. The minimum atomic E-state index is -5.08. The molecule has 2 aliphatic rings. The number of aromatic nitrogens is 1. The number of alkyl halides is 3. The summed E-state index contributed by atoms with van der Waals surface area (Å²) in [4.78, 5) is 45.0. The molecule has 0 radical (unpaired) electrons. The Hall–Kier alpha value is -3.74. The van der Waals surface area contributed by atoms with Gasteiger partial charge in [-0.2, -0.15) is 17.9 Å². The number of carbonyl (C=O) groups excluding carboxylic acids is 2. The fourth-order valence-electron chi connectivity index (χ4n) is 5.55. The molecule has 0 atom stereocenters. The average Bonchev–Trinajstić information content (AvgIpc) is 3.07. The summed E-state index contributed by atoms with van der Waals surface area (Å²) in [6.45, 7) is 9.92. The third-order valence-electron chi connectivity index (χ3n) is 8.29. The number of amides is 2. The lowest BCUT2D eigenvalue weighted by atomic mass is 10.0. The normalized spacial score (nSPS) is 15.9. The van der Waals surface area contributed by atoms with Crippen LogP contribution in [-0.4, -0.2) is 122 Å². The largest absolute Gasteiger partial charge is 0.490 e. The van der Waals surface area contributed by atoms with Gasteiger partial charge in [0, 0.05) is 74.0 Å². The van der Waals surface area contributed by atoms with Crippen molar-refractivity contribution in [3.05, 3.63) is 63.8 Å². The van der Waals surface area contributed by atoms with E-state index in [0.717, 1.165) is 37.3 Å². The SMILES string of the molecule is Cc1ccc2cccc(OCc3c(Cl)ccc(S(=O)(=O)NC(C)(C)C(=O)N4CCN(C(=O)CN5CCNCC5)CC4)c3Cl)c2n1.O=C(O)C(F)(F)F. The minimum Gasteiger partial charge on any atom is -0.487 e. The summed E-state index contributed by atoms with van der Waals surface area (Å²) in [5.74, 6) is -2.61. The number of pyridine rings is 1. The Morgan fingerprint density at radius 1 is 0.962 bits per heavy atom. The van der Waals surface area contributed by atoms with Crippen LogP contribution in [0.2, 0.25) is 10.0 Å². The van der Waals surface area contributed by atoms with Gasteiger partial charge in [0.15, 0.2) is 0 Å². The molecular weight excluding hydrogens is 752 g/mol. The number of para-hydroxylation sites is 1. The van der Waals surface area contributed by atoms with E-state index < -0.39 is 33.6 Å². The molecule has 19 heteroatoms. The number of carbonyl (C=O) groups is 3. The number of nitrogens with one attached hydrogen (secondary N) is 2. The Balaban J connectivity index is 0.000000785. The molecule has 0 bridgehead atoms. The monoisotopic (exact) mass is 790 g/mol. The van der Waals surface area contributed by atoms with Crippen LogP contribution in [0.4, 0.5) is 13.2 Å². The van der Waals surface area contributed by atoms with E-state index in [2.05, 4.69) is 19.9 Å². The van der Waals surface area contributed by atoms with E-state index in [4.69, 9.17) is 37.8 Å². The number of carboxylic acid groups (broad SMARTS) is 1. The molecule has 3 aromatic rings. The fraction of sp³-hybridized carbons (Fsp3) is 0.455. The maximum Gasteiger partial charge on any atom is 0.490 e. The first kappa shape index (κ1) is 41.0. The molecule has 0 aliphatic carbocycles. The predicted octanol–water partition coefficient (Wildman–Crippen LogP) is 3.70. The number of benzene rings is 2. The summed E-state index contributed by atoms with van der Waals surface area (Å²) >= 11 is 13.1. The molecule has 2 aromatic carbocycles. The number of hydrogen-bond donors (Lipinski definition) is 3. The van der Waals surface area contributed by atoms with Crippen molar-refractivity contribution in [2.75, 3.05) is 58.9 Å². The zero-order valence-electron chi connectivity index (χ0n) is 28.6. The van der Waals surface area contributed by atoms with Crippen molar-refractivity contribution in [1.82, 2.24) is 29.7 Å². The van der Waals surface area contributed by atoms with Gasteiger partial charge in [-0.05, 0) is 45.0 Å². The zero-order chi connectivity index (χ0) is 38.4. The minimum absolute atomic E-state index is 0.0351. The molecule has 0 spiro atoms. The van der Waals surface area contributed by atoms with Crippen molar-refractivity contribution in [1.29, 1.82) is 0 Å². The van der Waals surface area contributed by atoms with Crippen LogP contribution >= 0.6 is 23.2 Å². The molecule has 0 unspecified atom stereocenters. The number of sulfonamides is 1. The molecule has 52 heavy (non-hydrogen) atoms. The van der Waals surface area contributed by atoms with Crippen LogP contribution in [-0.2, 0) is 31.0 Å². The summed E-state index contributed by atoms with van der Waals surface area (Å²) in [5.41, 5.74) is 0.293. The molecule has 3 N–H and O–H groups in total. The average molecular weight is 792 g/mol. The number of piperazine rings is 2. The summed E-state index contributed by atoms with van der Waals surface area (Å²) in [6, 6.07) is 12.1. The Morgan fingerprint density at radius 2 is 1.58 bits per heavy atom. The molecule has 0 saturated carbocycles. The van der Waals surface area contributed by atoms with Crippen LogP contribution in [0, 0.1) is 6.92 Å². The number of halogens is 5. The van der Waals surface area contributed by atoms with Crippen molar-refractivity contribution in [2.45, 2.75) is 44.0 Å². The summed E-state index contributed by atoms with van der Waals surface area (Å²) < 4.78 is 67.5. The molecule has 2 aliphatic heterocycles. The Labute approximate surface area is 309 Å². The number of hydrogen-bond acceptors (Lipinski definition) is 9. The van der Waals surface area contributed by atoms with Gasteiger partial charge in [0.1, 0.15) is 28.3 Å². The Morgan fingerprint density at radius 3 is 2.19 bits per heavy atom. The molecule has 13 nitrogen and oxygen atoms in total. The van der Waals surface area contributed by atoms with E-state index in [1.54, 1.807) is 15.9 Å². The maximum absolute atomic E-state index is 13.6. The van der Waals surface area contributed by atoms with Crippen molar-refractivity contribution in [3.63, 3.8) is 0 Å². The lowest BCUT2D eigenvalue weighted by Crippen LogP contribution is -2.60. The first-order valence-corrected chi connectivity index (χ1v) is 18.3. The van der Waals surface area contributed by atoms with Gasteiger partial charge in [0.05, 0.1) is 11.6 Å². The number of aliphatic carboxylic acids is 1. The second-order valence-corrected chi connectivity index (χ2v) is 15.1. The van der Waals surface area contributed by atoms with Crippen LogP contribution in [0.15, 0.2) is 47.4 Å². The molecule has 1 aromatic heterocycles. The molecule has 3 heterocycles. The third-order valence-corrected chi connectivity index (χ3v) is 10.9. The number of ether oxygens (including phenoxy) is 1. The van der Waals surface area contributed by atoms with E-state index >= 15 is 0 Å². The Bertz CT molecular complexity index is 1900. The van der Waals surface area contributed by atoms with Gasteiger partial charge in [0.2, 0.25) is 21.8 Å². The molecule has 284 valence electrons. The first-order chi connectivity index (χ1) is 24.3. The van der Waals surface area contributed by atoms with Crippen molar-refractivity contribution in [2.24, 2.45) is 0 Å². The van der Waals surface area contributed by atoms with E-state index in [1.165, 1.54) is 26.0 Å². The summed E-state index contributed by atoms with van der Waals surface area (Å²) in [5, 5.41) is 11.4. The maximum atomic E-state index is 13.6. The van der Waals surface area contributed by atoms with Gasteiger partial charge < -0.3 is 25.0 Å². The second kappa shape index (κ2) is 16.9. The van der Waals surface area contributed by atoms with Crippen LogP contribution in [0.1, 0.15) is 25.1 Å². The van der Waals surface area contributed by atoms with Crippen molar-refractivity contribution in [3.8, 4) is 5.75 Å². The number of rotatable bonds is 9. The Kier molecular flexibility index (Phi) is 13.4.